The summed E-state index contributed by atoms with van der Waals surface area (Å²) in [7, 11) is 0. The fourth-order valence-electron chi connectivity index (χ4n) is 3.18. The van der Waals surface area contributed by atoms with E-state index in [1.165, 1.54) is 0 Å². The molecule has 1 fully saturated rings. The van der Waals surface area contributed by atoms with Crippen LogP contribution >= 0.6 is 0 Å². The highest BCUT2D eigenvalue weighted by molar-refractivity contribution is 6.00. The third-order valence-corrected chi connectivity index (χ3v) is 4.53. The minimum atomic E-state index is -0.215. The number of hydrogen-bond donors (Lipinski definition) is 3. The first kappa shape index (κ1) is 14.8. The highest BCUT2D eigenvalue weighted by Crippen LogP contribution is 2.41. The number of nitrogens with one attached hydrogen (secondary N) is 3. The molecule has 0 spiro atoms. The van der Waals surface area contributed by atoms with Gasteiger partial charge in [0.2, 0.25) is 5.91 Å². The van der Waals surface area contributed by atoms with Crippen LogP contribution in [0.5, 0.6) is 0 Å². The minimum Gasteiger partial charge on any atom is -0.331 e. The van der Waals surface area contributed by atoms with Crippen molar-refractivity contribution in [2.24, 2.45) is 5.92 Å². The van der Waals surface area contributed by atoms with E-state index in [4.69, 9.17) is 0 Å². The molecule has 0 saturated heterocycles. The molecule has 2 aromatic rings. The number of benzene rings is 2. The molecule has 4 rings (SSSR count). The Labute approximate surface area is 140 Å². The Bertz CT molecular complexity index is 784. The molecule has 0 bridgehead atoms. The average Bonchev–Trinajstić information content (AvgIpc) is 3.34. The second kappa shape index (κ2) is 6.00. The van der Waals surface area contributed by atoms with Crippen molar-refractivity contribution in [2.75, 3.05) is 10.6 Å². The minimum absolute atomic E-state index is 0.00974. The van der Waals surface area contributed by atoms with Crippen LogP contribution in [0.2, 0.25) is 0 Å². The predicted octanol–water partition coefficient (Wildman–Crippen LogP) is 3.45. The van der Waals surface area contributed by atoms with Gasteiger partial charge in [-0.3, -0.25) is 4.79 Å². The van der Waals surface area contributed by atoms with Crippen LogP contribution in [0.15, 0.2) is 48.5 Å². The first-order chi connectivity index (χ1) is 11.7. The summed E-state index contributed by atoms with van der Waals surface area (Å²) < 4.78 is 0. The first-order valence-corrected chi connectivity index (χ1v) is 8.24. The van der Waals surface area contributed by atoms with Crippen molar-refractivity contribution in [3.8, 4) is 0 Å². The Kier molecular flexibility index (Phi) is 3.69. The topological polar surface area (TPSA) is 70.2 Å². The van der Waals surface area contributed by atoms with Crippen molar-refractivity contribution < 1.29 is 9.59 Å². The van der Waals surface area contributed by atoms with E-state index in [2.05, 4.69) is 28.1 Å². The van der Waals surface area contributed by atoms with Gasteiger partial charge in [-0.1, -0.05) is 30.3 Å². The zero-order valence-electron chi connectivity index (χ0n) is 13.2. The normalized spacial score (nSPS) is 16.9. The molecule has 0 radical (unpaired) electrons. The van der Waals surface area contributed by atoms with Gasteiger partial charge < -0.3 is 16.0 Å². The molecular weight excluding hydrogens is 302 g/mol. The molecule has 3 N–H and O–H groups in total. The Morgan fingerprint density at radius 2 is 1.92 bits per heavy atom. The Balaban J connectivity index is 1.44. The lowest BCUT2D eigenvalue weighted by Crippen LogP contribution is -2.33. The molecule has 1 saturated carbocycles. The van der Waals surface area contributed by atoms with Gasteiger partial charge >= 0.3 is 6.03 Å². The lowest BCUT2D eigenvalue weighted by Gasteiger charge is -2.19. The Hall–Kier alpha value is -2.82. The summed E-state index contributed by atoms with van der Waals surface area (Å²) >= 11 is 0. The van der Waals surface area contributed by atoms with Crippen molar-refractivity contribution >= 4 is 23.3 Å². The zero-order chi connectivity index (χ0) is 16.5. The lowest BCUT2D eigenvalue weighted by molar-refractivity contribution is -0.115. The molecule has 1 aliphatic heterocycles. The molecule has 0 aromatic heterocycles. The summed E-state index contributed by atoms with van der Waals surface area (Å²) in [6.45, 7) is 0. The van der Waals surface area contributed by atoms with Crippen LogP contribution in [0.1, 0.15) is 30.0 Å². The Morgan fingerprint density at radius 3 is 2.67 bits per heavy atom. The molecule has 1 unspecified atom stereocenters. The van der Waals surface area contributed by atoms with Crippen LogP contribution in [-0.2, 0) is 11.2 Å². The fraction of sp³-hybridized carbons (Fsp3) is 0.263. The van der Waals surface area contributed by atoms with Gasteiger partial charge in [-0.05, 0) is 48.1 Å². The van der Waals surface area contributed by atoms with Crippen molar-refractivity contribution in [2.45, 2.75) is 25.3 Å². The molecule has 5 nitrogen and oxygen atoms in total. The number of hydrogen-bond acceptors (Lipinski definition) is 2. The van der Waals surface area contributed by atoms with E-state index in [1.54, 1.807) is 6.07 Å². The summed E-state index contributed by atoms with van der Waals surface area (Å²) in [6, 6.07) is 15.4. The van der Waals surface area contributed by atoms with Gasteiger partial charge in [-0.15, -0.1) is 0 Å². The monoisotopic (exact) mass is 321 g/mol. The third kappa shape index (κ3) is 3.11. The molecule has 2 aliphatic rings. The second-order valence-electron chi connectivity index (χ2n) is 6.42. The summed E-state index contributed by atoms with van der Waals surface area (Å²) in [5.41, 5.74) is 3.58. The van der Waals surface area contributed by atoms with Gasteiger partial charge in [-0.25, -0.2) is 4.79 Å². The van der Waals surface area contributed by atoms with Crippen molar-refractivity contribution in [3.05, 3.63) is 59.7 Å². The smallest absolute Gasteiger partial charge is 0.319 e. The van der Waals surface area contributed by atoms with E-state index >= 15 is 0 Å². The fourth-order valence-corrected chi connectivity index (χ4v) is 3.18. The van der Waals surface area contributed by atoms with Gasteiger partial charge in [0.15, 0.2) is 0 Å². The van der Waals surface area contributed by atoms with Gasteiger partial charge in [0.05, 0.1) is 12.5 Å². The molecule has 24 heavy (non-hydrogen) atoms. The number of carbonyl (C=O) groups is 2. The molecule has 1 heterocycles. The van der Waals surface area contributed by atoms with Crippen molar-refractivity contribution in [1.29, 1.82) is 0 Å². The largest absolute Gasteiger partial charge is 0.331 e. The number of fused-ring (bicyclic) bond motifs is 1. The van der Waals surface area contributed by atoms with Gasteiger partial charge in [-0.2, -0.15) is 0 Å². The Morgan fingerprint density at radius 1 is 1.12 bits per heavy atom. The van der Waals surface area contributed by atoms with Crippen LogP contribution in [0, 0.1) is 5.92 Å². The van der Waals surface area contributed by atoms with E-state index in [0.29, 0.717) is 18.0 Å². The molecule has 5 heteroatoms. The number of amides is 3. The summed E-state index contributed by atoms with van der Waals surface area (Å²) in [4.78, 5) is 23.8. The molecular formula is C19H19N3O2. The van der Waals surface area contributed by atoms with E-state index < -0.39 is 0 Å². The third-order valence-electron chi connectivity index (χ3n) is 4.53. The van der Waals surface area contributed by atoms with Gasteiger partial charge in [0.1, 0.15) is 0 Å². The van der Waals surface area contributed by atoms with Crippen LogP contribution in [0.25, 0.3) is 0 Å². The maximum absolute atomic E-state index is 12.4. The van der Waals surface area contributed by atoms with Crippen molar-refractivity contribution in [1.82, 2.24) is 5.32 Å². The SMILES string of the molecule is O=C1Cc2cc(NC(=O)NC(c3ccccc3)C3CC3)ccc2N1. The number of urea groups is 1. The first-order valence-electron chi connectivity index (χ1n) is 8.24. The van der Waals surface area contributed by atoms with Crippen LogP contribution < -0.4 is 16.0 Å². The number of carbonyl (C=O) groups excluding carboxylic acids is 2. The maximum atomic E-state index is 12.4. The van der Waals surface area contributed by atoms with Gasteiger partial charge in [0, 0.05) is 11.4 Å². The average molecular weight is 321 g/mol. The molecule has 2 aromatic carbocycles. The van der Waals surface area contributed by atoms with E-state index in [9.17, 15) is 9.59 Å². The molecule has 3 amide bonds. The number of anilines is 2. The van der Waals surface area contributed by atoms with Gasteiger partial charge in [0.25, 0.3) is 0 Å². The van der Waals surface area contributed by atoms with E-state index in [1.807, 2.05) is 30.3 Å². The maximum Gasteiger partial charge on any atom is 0.319 e. The highest BCUT2D eigenvalue weighted by atomic mass is 16.2. The van der Waals surface area contributed by atoms with Crippen LogP contribution in [0.4, 0.5) is 16.2 Å². The quantitative estimate of drug-likeness (QED) is 0.807. The summed E-state index contributed by atoms with van der Waals surface area (Å²) in [5, 5.41) is 8.76. The molecule has 1 atom stereocenters. The van der Waals surface area contributed by atoms with E-state index in [-0.39, 0.29) is 18.0 Å². The zero-order valence-corrected chi connectivity index (χ0v) is 13.2. The number of rotatable bonds is 4. The molecule has 122 valence electrons. The van der Waals surface area contributed by atoms with Crippen LogP contribution in [0.3, 0.4) is 0 Å². The van der Waals surface area contributed by atoms with E-state index in [0.717, 1.165) is 29.7 Å². The lowest BCUT2D eigenvalue weighted by atomic mass is 10.0. The molecule has 1 aliphatic carbocycles. The van der Waals surface area contributed by atoms with Crippen LogP contribution in [-0.4, -0.2) is 11.9 Å². The van der Waals surface area contributed by atoms with Crippen molar-refractivity contribution in [3.63, 3.8) is 0 Å². The standard InChI is InChI=1S/C19H19N3O2/c23-17-11-14-10-15(8-9-16(14)21-17)20-19(24)22-18(13-6-7-13)12-4-2-1-3-5-12/h1-5,8-10,13,18H,6-7,11H2,(H,21,23)(H2,20,22,24). The predicted molar refractivity (Wildman–Crippen MR) is 92.8 cm³/mol. The summed E-state index contributed by atoms with van der Waals surface area (Å²) in [6.07, 6.45) is 2.65. The highest BCUT2D eigenvalue weighted by Gasteiger charge is 2.33. The second-order valence-corrected chi connectivity index (χ2v) is 6.42. The summed E-state index contributed by atoms with van der Waals surface area (Å²) in [5.74, 6) is 0.504.